The van der Waals surface area contributed by atoms with Crippen molar-refractivity contribution in [2.75, 3.05) is 18.0 Å². The Morgan fingerprint density at radius 1 is 1.31 bits per heavy atom. The second-order valence-electron chi connectivity index (χ2n) is 6.69. The average molecular weight is 348 g/mol. The van der Waals surface area contributed by atoms with Gasteiger partial charge in [0, 0.05) is 31.9 Å². The minimum absolute atomic E-state index is 0.0494. The summed E-state index contributed by atoms with van der Waals surface area (Å²) in [4.78, 5) is 19.4. The van der Waals surface area contributed by atoms with E-state index in [1.807, 2.05) is 34.9 Å². The molecule has 0 saturated carbocycles. The number of nitriles is 1. The largest absolute Gasteiger partial charge is 0.355 e. The molecule has 1 aliphatic rings. The number of nitrogens with two attached hydrogens (primary N) is 1. The van der Waals surface area contributed by atoms with Crippen molar-refractivity contribution in [1.29, 1.82) is 5.26 Å². The lowest BCUT2D eigenvalue weighted by Gasteiger charge is -2.33. The normalized spacial score (nSPS) is 17.4. The first kappa shape index (κ1) is 16.4. The van der Waals surface area contributed by atoms with E-state index in [1.165, 1.54) is 10.9 Å². The highest BCUT2D eigenvalue weighted by atomic mass is 16.1. The van der Waals surface area contributed by atoms with Gasteiger partial charge in [-0.2, -0.15) is 5.26 Å². The summed E-state index contributed by atoms with van der Waals surface area (Å²) < 4.78 is 3.30. The van der Waals surface area contributed by atoms with Crippen molar-refractivity contribution in [3.63, 3.8) is 0 Å². The third-order valence-corrected chi connectivity index (χ3v) is 4.89. The molecular formula is C19H20N6O. The van der Waals surface area contributed by atoms with Gasteiger partial charge < -0.3 is 15.2 Å². The molecule has 1 unspecified atom stereocenters. The predicted octanol–water partition coefficient (Wildman–Crippen LogP) is 1.52. The highest BCUT2D eigenvalue weighted by Gasteiger charge is 2.28. The van der Waals surface area contributed by atoms with Crippen molar-refractivity contribution in [1.82, 2.24) is 14.1 Å². The number of piperidine rings is 1. The molecule has 3 heterocycles. The van der Waals surface area contributed by atoms with E-state index >= 15 is 0 Å². The lowest BCUT2D eigenvalue weighted by molar-refractivity contribution is 0.501. The number of rotatable bonds is 2. The highest BCUT2D eigenvalue weighted by molar-refractivity contribution is 5.91. The zero-order chi connectivity index (χ0) is 18.3. The number of nitrogens with zero attached hydrogens (tertiary/aromatic N) is 5. The summed E-state index contributed by atoms with van der Waals surface area (Å²) in [6, 6.07) is 11.9. The fourth-order valence-corrected chi connectivity index (χ4v) is 3.67. The van der Waals surface area contributed by atoms with Crippen LogP contribution in [-0.4, -0.2) is 33.2 Å². The molecule has 0 bridgehead atoms. The summed E-state index contributed by atoms with van der Waals surface area (Å²) in [5.74, 6) is 0.708. The molecule has 3 aromatic rings. The Bertz CT molecular complexity index is 1060. The molecule has 1 aliphatic heterocycles. The number of aryl methyl sites for hydroxylation is 1. The Morgan fingerprint density at radius 2 is 2.08 bits per heavy atom. The molecule has 1 fully saturated rings. The standard InChI is InChI=1S/C19H20N6O/c1-23-12-22-16-15(10-20)18(24-9-5-6-13(21)11-24)25(17(16)19(23)26)14-7-3-2-4-8-14/h2-4,7-8,12-13H,5-6,9,11,21H2,1H3. The molecule has 2 aromatic heterocycles. The van der Waals surface area contributed by atoms with Crippen LogP contribution in [0.1, 0.15) is 18.4 Å². The molecule has 1 aromatic carbocycles. The number of anilines is 1. The van der Waals surface area contributed by atoms with Gasteiger partial charge in [-0.25, -0.2) is 4.98 Å². The van der Waals surface area contributed by atoms with Crippen molar-refractivity contribution in [2.24, 2.45) is 12.8 Å². The topological polar surface area (TPSA) is 92.9 Å². The molecular weight excluding hydrogens is 328 g/mol. The van der Waals surface area contributed by atoms with Crippen LogP contribution in [-0.2, 0) is 7.05 Å². The minimum Gasteiger partial charge on any atom is -0.355 e. The third-order valence-electron chi connectivity index (χ3n) is 4.89. The van der Waals surface area contributed by atoms with Crippen LogP contribution in [0.4, 0.5) is 5.82 Å². The summed E-state index contributed by atoms with van der Waals surface area (Å²) in [5, 5.41) is 9.86. The van der Waals surface area contributed by atoms with Crippen LogP contribution >= 0.6 is 0 Å². The van der Waals surface area contributed by atoms with Gasteiger partial charge in [0.2, 0.25) is 0 Å². The molecule has 7 heteroatoms. The van der Waals surface area contributed by atoms with Gasteiger partial charge in [-0.15, -0.1) is 0 Å². The number of fused-ring (bicyclic) bond motifs is 1. The summed E-state index contributed by atoms with van der Waals surface area (Å²) in [6.07, 6.45) is 3.38. The molecule has 26 heavy (non-hydrogen) atoms. The molecule has 0 radical (unpaired) electrons. The summed E-state index contributed by atoms with van der Waals surface area (Å²) >= 11 is 0. The molecule has 0 spiro atoms. The Hall–Kier alpha value is -3.11. The number of hydrogen-bond donors (Lipinski definition) is 1. The van der Waals surface area contributed by atoms with Crippen molar-refractivity contribution in [3.05, 3.63) is 52.6 Å². The molecule has 1 atom stereocenters. The van der Waals surface area contributed by atoms with Crippen molar-refractivity contribution < 1.29 is 0 Å². The van der Waals surface area contributed by atoms with Gasteiger partial charge in [0.1, 0.15) is 28.5 Å². The zero-order valence-corrected chi connectivity index (χ0v) is 14.6. The van der Waals surface area contributed by atoms with Gasteiger partial charge in [-0.1, -0.05) is 18.2 Å². The quantitative estimate of drug-likeness (QED) is 0.758. The van der Waals surface area contributed by atoms with Crippen LogP contribution in [0.25, 0.3) is 16.7 Å². The van der Waals surface area contributed by atoms with E-state index in [2.05, 4.69) is 16.0 Å². The van der Waals surface area contributed by atoms with E-state index in [9.17, 15) is 10.1 Å². The molecule has 2 N–H and O–H groups in total. The van der Waals surface area contributed by atoms with E-state index in [0.29, 0.717) is 29.0 Å². The SMILES string of the molecule is Cn1cnc2c(C#N)c(N3CCCC(N)C3)n(-c3ccccc3)c2c1=O. The van der Waals surface area contributed by atoms with E-state index in [-0.39, 0.29) is 11.6 Å². The molecule has 4 rings (SSSR count). The van der Waals surface area contributed by atoms with Crippen LogP contribution in [0, 0.1) is 11.3 Å². The second-order valence-corrected chi connectivity index (χ2v) is 6.69. The van der Waals surface area contributed by atoms with Crippen molar-refractivity contribution >= 4 is 16.9 Å². The average Bonchev–Trinajstić information content (AvgIpc) is 3.00. The fraction of sp³-hybridized carbons (Fsp3) is 0.316. The summed E-state index contributed by atoms with van der Waals surface area (Å²) in [5.41, 5.74) is 8.12. The molecule has 7 nitrogen and oxygen atoms in total. The molecule has 0 aliphatic carbocycles. The van der Waals surface area contributed by atoms with E-state index in [0.717, 1.165) is 25.1 Å². The van der Waals surface area contributed by atoms with E-state index < -0.39 is 0 Å². The molecule has 0 amide bonds. The summed E-state index contributed by atoms with van der Waals surface area (Å²) in [7, 11) is 1.67. The van der Waals surface area contributed by atoms with Gasteiger partial charge in [0.05, 0.1) is 6.33 Å². The summed E-state index contributed by atoms with van der Waals surface area (Å²) in [6.45, 7) is 1.45. The first-order valence-corrected chi connectivity index (χ1v) is 8.68. The molecule has 1 saturated heterocycles. The maximum absolute atomic E-state index is 12.9. The van der Waals surface area contributed by atoms with Crippen LogP contribution in [0.2, 0.25) is 0 Å². The number of para-hydroxylation sites is 1. The van der Waals surface area contributed by atoms with Gasteiger partial charge in [0.15, 0.2) is 0 Å². The van der Waals surface area contributed by atoms with Crippen LogP contribution in [0.5, 0.6) is 0 Å². The Morgan fingerprint density at radius 3 is 2.77 bits per heavy atom. The Kier molecular flexibility index (Phi) is 3.98. The highest BCUT2D eigenvalue weighted by Crippen LogP contribution is 2.34. The van der Waals surface area contributed by atoms with Gasteiger partial charge >= 0.3 is 0 Å². The number of aromatic nitrogens is 3. The van der Waals surface area contributed by atoms with Crippen LogP contribution in [0.3, 0.4) is 0 Å². The smallest absolute Gasteiger partial charge is 0.278 e. The number of hydrogen-bond acceptors (Lipinski definition) is 5. The number of benzene rings is 1. The zero-order valence-electron chi connectivity index (χ0n) is 14.6. The first-order chi connectivity index (χ1) is 12.6. The van der Waals surface area contributed by atoms with Crippen LogP contribution < -0.4 is 16.2 Å². The Balaban J connectivity index is 2.11. The third kappa shape index (κ3) is 2.47. The van der Waals surface area contributed by atoms with Crippen LogP contribution in [0.15, 0.2) is 41.5 Å². The van der Waals surface area contributed by atoms with E-state index in [1.54, 1.807) is 7.05 Å². The monoisotopic (exact) mass is 348 g/mol. The first-order valence-electron chi connectivity index (χ1n) is 8.68. The van der Waals surface area contributed by atoms with Gasteiger partial charge in [0.25, 0.3) is 5.56 Å². The predicted molar refractivity (Wildman–Crippen MR) is 100 cm³/mol. The van der Waals surface area contributed by atoms with Gasteiger partial charge in [-0.3, -0.25) is 9.36 Å². The molecule has 132 valence electrons. The van der Waals surface area contributed by atoms with E-state index in [4.69, 9.17) is 5.73 Å². The van der Waals surface area contributed by atoms with Crippen molar-refractivity contribution in [2.45, 2.75) is 18.9 Å². The van der Waals surface area contributed by atoms with Gasteiger partial charge in [-0.05, 0) is 25.0 Å². The fourth-order valence-electron chi connectivity index (χ4n) is 3.67. The second kappa shape index (κ2) is 6.32. The lowest BCUT2D eigenvalue weighted by atomic mass is 10.1. The lowest BCUT2D eigenvalue weighted by Crippen LogP contribution is -2.43. The maximum Gasteiger partial charge on any atom is 0.278 e. The minimum atomic E-state index is -0.178. The Labute approximate surface area is 150 Å². The maximum atomic E-state index is 12.9. The van der Waals surface area contributed by atoms with Crippen molar-refractivity contribution in [3.8, 4) is 11.8 Å².